The van der Waals surface area contributed by atoms with E-state index in [-0.39, 0.29) is 29.5 Å². The molecule has 0 radical (unpaired) electrons. The summed E-state index contributed by atoms with van der Waals surface area (Å²) in [5, 5.41) is 3.06. The summed E-state index contributed by atoms with van der Waals surface area (Å²) in [6.45, 7) is 10.9. The smallest absolute Gasteiger partial charge is 0.264 e. The molecule has 0 bridgehead atoms. The summed E-state index contributed by atoms with van der Waals surface area (Å²) in [5.74, 6) is -0.266. The van der Waals surface area contributed by atoms with Crippen LogP contribution in [-0.2, 0) is 32.6 Å². The van der Waals surface area contributed by atoms with Crippen LogP contribution < -0.4 is 19.1 Å². The fourth-order valence-electron chi connectivity index (χ4n) is 5.62. The molecule has 0 saturated carbocycles. The monoisotopic (exact) mass is 685 g/mol. The highest BCUT2D eigenvalue weighted by atomic mass is 32.2. The van der Waals surface area contributed by atoms with Crippen LogP contribution in [0.4, 0.5) is 5.69 Å². The fraction of sp³-hybridized carbons (Fsp3) is 0.333. The van der Waals surface area contributed by atoms with Crippen LogP contribution in [0.1, 0.15) is 48.6 Å². The summed E-state index contributed by atoms with van der Waals surface area (Å²) in [6, 6.07) is 26.0. The number of nitrogens with one attached hydrogen (secondary N) is 1. The lowest BCUT2D eigenvalue weighted by Crippen LogP contribution is -2.56. The maximum absolute atomic E-state index is 14.8. The van der Waals surface area contributed by atoms with Gasteiger partial charge in [-0.1, -0.05) is 66.2 Å². The van der Waals surface area contributed by atoms with Crippen molar-refractivity contribution < 1.29 is 27.5 Å². The van der Waals surface area contributed by atoms with Gasteiger partial charge in [0.2, 0.25) is 11.8 Å². The van der Waals surface area contributed by atoms with Gasteiger partial charge in [0.05, 0.1) is 24.8 Å². The Morgan fingerprint density at radius 1 is 0.755 bits per heavy atom. The lowest BCUT2D eigenvalue weighted by molar-refractivity contribution is -0.140. The first-order valence-corrected chi connectivity index (χ1v) is 17.6. The van der Waals surface area contributed by atoms with Crippen molar-refractivity contribution in [3.63, 3.8) is 0 Å². The number of benzene rings is 4. The minimum Gasteiger partial charge on any atom is -0.493 e. The SMILES string of the molecule is COc1ccc(S(=O)(=O)N(CC(=O)N(Cc2ccc(C)cc2)[C@@H](Cc2ccccc2)C(=O)NC(C)(C)C)c2cc(C)cc(C)c2)cc1OC. The minimum absolute atomic E-state index is 0.0755. The van der Waals surface area contributed by atoms with E-state index < -0.39 is 34.1 Å². The molecule has 49 heavy (non-hydrogen) atoms. The van der Waals surface area contributed by atoms with Crippen LogP contribution in [0.15, 0.2) is 95.9 Å². The third-order valence-corrected chi connectivity index (χ3v) is 9.73. The van der Waals surface area contributed by atoms with Crippen molar-refractivity contribution in [2.45, 2.75) is 71.0 Å². The Morgan fingerprint density at radius 2 is 1.37 bits per heavy atom. The first-order valence-electron chi connectivity index (χ1n) is 16.2. The van der Waals surface area contributed by atoms with Crippen molar-refractivity contribution >= 4 is 27.5 Å². The van der Waals surface area contributed by atoms with Crippen LogP contribution in [0.5, 0.6) is 11.5 Å². The van der Waals surface area contributed by atoms with E-state index in [1.807, 2.05) is 102 Å². The molecule has 10 heteroatoms. The van der Waals surface area contributed by atoms with Crippen molar-refractivity contribution in [1.82, 2.24) is 10.2 Å². The minimum atomic E-state index is -4.34. The lowest BCUT2D eigenvalue weighted by atomic mass is 10.0. The van der Waals surface area contributed by atoms with Crippen LogP contribution in [0, 0.1) is 20.8 Å². The maximum atomic E-state index is 14.8. The van der Waals surface area contributed by atoms with E-state index in [0.29, 0.717) is 11.4 Å². The van der Waals surface area contributed by atoms with E-state index >= 15 is 0 Å². The summed E-state index contributed by atoms with van der Waals surface area (Å²) in [7, 11) is -1.44. The Bertz CT molecular complexity index is 1850. The van der Waals surface area contributed by atoms with E-state index in [2.05, 4.69) is 5.32 Å². The van der Waals surface area contributed by atoms with Crippen molar-refractivity contribution in [3.05, 3.63) is 119 Å². The Balaban J connectivity index is 1.86. The Labute approximate surface area is 290 Å². The van der Waals surface area contributed by atoms with Crippen LogP contribution in [-0.4, -0.2) is 57.5 Å². The summed E-state index contributed by atoms with van der Waals surface area (Å²) < 4.78 is 40.9. The maximum Gasteiger partial charge on any atom is 0.264 e. The van der Waals surface area contributed by atoms with Gasteiger partial charge in [0.15, 0.2) is 11.5 Å². The highest BCUT2D eigenvalue weighted by Crippen LogP contribution is 2.33. The number of nitrogens with zero attached hydrogens (tertiary/aromatic N) is 2. The molecule has 4 aromatic carbocycles. The van der Waals surface area contributed by atoms with Crippen molar-refractivity contribution in [2.24, 2.45) is 0 Å². The van der Waals surface area contributed by atoms with Crippen molar-refractivity contribution in [2.75, 3.05) is 25.1 Å². The number of sulfonamides is 1. The molecular weight excluding hydrogens is 639 g/mol. The van der Waals surface area contributed by atoms with Crippen LogP contribution >= 0.6 is 0 Å². The Kier molecular flexibility index (Phi) is 11.8. The van der Waals surface area contributed by atoms with Gasteiger partial charge in [0.25, 0.3) is 10.0 Å². The van der Waals surface area contributed by atoms with Crippen LogP contribution in [0.25, 0.3) is 0 Å². The molecule has 9 nitrogen and oxygen atoms in total. The first kappa shape index (κ1) is 37.0. The number of aryl methyl sites for hydroxylation is 3. The van der Waals surface area contributed by atoms with E-state index in [1.54, 1.807) is 12.1 Å². The van der Waals surface area contributed by atoms with Gasteiger partial charge < -0.3 is 19.7 Å². The number of carbonyl (C=O) groups is 2. The quantitative estimate of drug-likeness (QED) is 0.175. The molecule has 4 aromatic rings. The van der Waals surface area contributed by atoms with Gasteiger partial charge in [0.1, 0.15) is 12.6 Å². The van der Waals surface area contributed by atoms with Crippen LogP contribution in [0.3, 0.4) is 0 Å². The van der Waals surface area contributed by atoms with Gasteiger partial charge in [-0.3, -0.25) is 13.9 Å². The summed E-state index contributed by atoms with van der Waals surface area (Å²) in [5.41, 5.74) is 4.14. The zero-order chi connectivity index (χ0) is 35.9. The number of carbonyl (C=O) groups excluding carboxylic acids is 2. The second-order valence-corrected chi connectivity index (χ2v) is 15.2. The predicted octanol–water partition coefficient (Wildman–Crippen LogP) is 6.38. The molecule has 2 amide bonds. The summed E-state index contributed by atoms with van der Waals surface area (Å²) in [6.07, 6.45) is 0.229. The molecule has 260 valence electrons. The predicted molar refractivity (Wildman–Crippen MR) is 194 cm³/mol. The van der Waals surface area contributed by atoms with E-state index in [0.717, 1.165) is 32.1 Å². The Hall–Kier alpha value is -4.83. The molecule has 1 atom stereocenters. The van der Waals surface area contributed by atoms with Crippen molar-refractivity contribution in [1.29, 1.82) is 0 Å². The van der Waals surface area contributed by atoms with E-state index in [4.69, 9.17) is 9.47 Å². The van der Waals surface area contributed by atoms with Gasteiger partial charge in [0, 0.05) is 24.6 Å². The van der Waals surface area contributed by atoms with Crippen molar-refractivity contribution in [3.8, 4) is 11.5 Å². The summed E-state index contributed by atoms with van der Waals surface area (Å²) in [4.78, 5) is 30.3. The second kappa shape index (κ2) is 15.6. The number of ether oxygens (including phenoxy) is 2. The molecule has 1 N–H and O–H groups in total. The zero-order valence-electron chi connectivity index (χ0n) is 29.6. The van der Waals surface area contributed by atoms with Gasteiger partial charge in [-0.05, 0) is 88.1 Å². The molecule has 0 aliphatic carbocycles. The number of methoxy groups -OCH3 is 2. The topological polar surface area (TPSA) is 105 Å². The van der Waals surface area contributed by atoms with Gasteiger partial charge in [-0.25, -0.2) is 8.42 Å². The number of hydrogen-bond donors (Lipinski definition) is 1. The summed E-state index contributed by atoms with van der Waals surface area (Å²) >= 11 is 0. The fourth-order valence-corrected chi connectivity index (χ4v) is 7.04. The molecule has 0 saturated heterocycles. The molecule has 0 aromatic heterocycles. The van der Waals surface area contributed by atoms with Gasteiger partial charge >= 0.3 is 0 Å². The van der Waals surface area contributed by atoms with Gasteiger partial charge in [-0.2, -0.15) is 0 Å². The second-order valence-electron chi connectivity index (χ2n) is 13.3. The third-order valence-electron chi connectivity index (χ3n) is 7.96. The largest absolute Gasteiger partial charge is 0.493 e. The average molecular weight is 686 g/mol. The van der Waals surface area contributed by atoms with E-state index in [1.165, 1.54) is 37.3 Å². The first-order chi connectivity index (χ1) is 23.1. The number of amides is 2. The third kappa shape index (κ3) is 9.63. The average Bonchev–Trinajstić information content (AvgIpc) is 3.04. The number of hydrogen-bond acceptors (Lipinski definition) is 6. The van der Waals surface area contributed by atoms with Crippen LogP contribution in [0.2, 0.25) is 0 Å². The molecule has 0 aliphatic rings. The molecule has 0 unspecified atom stereocenters. The number of anilines is 1. The highest BCUT2D eigenvalue weighted by Gasteiger charge is 2.36. The standard InChI is InChI=1S/C39H47N3O6S/c1-27-14-16-31(17-15-27)25-41(34(38(44)40-39(4,5)6)23-30-12-10-9-11-13-30)37(43)26-42(32-21-28(2)20-29(3)22-32)49(45,46)33-18-19-35(47-7)36(24-33)48-8/h9-22,24,34H,23,25-26H2,1-8H3,(H,40,44)/t34-/m0/s1. The normalized spacial score (nSPS) is 12.2. The molecule has 0 heterocycles. The lowest BCUT2D eigenvalue weighted by Gasteiger charge is -2.35. The highest BCUT2D eigenvalue weighted by molar-refractivity contribution is 7.92. The molecule has 4 rings (SSSR count). The molecule has 0 fully saturated rings. The molecule has 0 aliphatic heterocycles. The number of rotatable bonds is 13. The van der Waals surface area contributed by atoms with E-state index in [9.17, 15) is 18.0 Å². The zero-order valence-corrected chi connectivity index (χ0v) is 30.4. The molecule has 0 spiro atoms. The molecular formula is C39H47N3O6S. The Morgan fingerprint density at radius 3 is 1.94 bits per heavy atom. The van der Waals surface area contributed by atoms with Gasteiger partial charge in [-0.15, -0.1) is 0 Å².